The molecule has 102 valence electrons. The number of carboxylic acids is 1. The molecule has 2 rings (SSSR count). The molecule has 0 radical (unpaired) electrons. The van der Waals surface area contributed by atoms with Crippen LogP contribution in [0.15, 0.2) is 0 Å². The average molecular weight is 253 g/mol. The third-order valence-corrected chi connectivity index (χ3v) is 4.54. The second kappa shape index (κ2) is 5.72. The Morgan fingerprint density at radius 1 is 1.17 bits per heavy atom. The Hall–Kier alpha value is -1.06. The molecule has 1 amide bonds. The van der Waals surface area contributed by atoms with E-state index >= 15 is 0 Å². The summed E-state index contributed by atoms with van der Waals surface area (Å²) in [5, 5.41) is 11.9. The molecule has 0 saturated heterocycles. The van der Waals surface area contributed by atoms with Crippen molar-refractivity contribution in [3.63, 3.8) is 0 Å². The zero-order valence-corrected chi connectivity index (χ0v) is 11.0. The predicted octanol–water partition coefficient (Wildman–Crippen LogP) is 2.04. The topological polar surface area (TPSA) is 66.4 Å². The maximum atomic E-state index is 11.9. The van der Waals surface area contributed by atoms with Crippen LogP contribution in [0.1, 0.15) is 45.4 Å². The highest BCUT2D eigenvalue weighted by Gasteiger charge is 2.41. The predicted molar refractivity (Wildman–Crippen MR) is 68.0 cm³/mol. The van der Waals surface area contributed by atoms with E-state index in [1.165, 1.54) is 25.7 Å². The van der Waals surface area contributed by atoms with E-state index in [4.69, 9.17) is 5.11 Å². The van der Waals surface area contributed by atoms with Crippen molar-refractivity contribution in [2.24, 2.45) is 23.7 Å². The number of hydrogen-bond donors (Lipinski definition) is 2. The average Bonchev–Trinajstić information content (AvgIpc) is 2.24. The van der Waals surface area contributed by atoms with E-state index in [-0.39, 0.29) is 11.8 Å². The summed E-state index contributed by atoms with van der Waals surface area (Å²) in [6.45, 7) is 2.99. The maximum absolute atomic E-state index is 11.9. The van der Waals surface area contributed by atoms with Crippen LogP contribution in [0.25, 0.3) is 0 Å². The van der Waals surface area contributed by atoms with Gasteiger partial charge in [0.15, 0.2) is 0 Å². The van der Waals surface area contributed by atoms with Gasteiger partial charge in [-0.15, -0.1) is 0 Å². The van der Waals surface area contributed by atoms with Crippen LogP contribution in [0.4, 0.5) is 0 Å². The summed E-state index contributed by atoms with van der Waals surface area (Å²) in [5.74, 6) is -0.268. The fourth-order valence-corrected chi connectivity index (χ4v) is 3.23. The van der Waals surface area contributed by atoms with E-state index in [0.29, 0.717) is 12.3 Å². The van der Waals surface area contributed by atoms with Gasteiger partial charge in [0, 0.05) is 6.54 Å². The normalized spacial score (nSPS) is 35.6. The van der Waals surface area contributed by atoms with Gasteiger partial charge < -0.3 is 10.4 Å². The summed E-state index contributed by atoms with van der Waals surface area (Å²) >= 11 is 0. The van der Waals surface area contributed by atoms with Crippen molar-refractivity contribution in [3.05, 3.63) is 0 Å². The van der Waals surface area contributed by atoms with E-state index in [2.05, 4.69) is 12.2 Å². The lowest BCUT2D eigenvalue weighted by Crippen LogP contribution is -2.45. The molecule has 2 fully saturated rings. The molecule has 0 aromatic heterocycles. The van der Waals surface area contributed by atoms with Gasteiger partial charge in [0.1, 0.15) is 0 Å². The fraction of sp³-hybridized carbons (Fsp3) is 0.857. The largest absolute Gasteiger partial charge is 0.481 e. The zero-order valence-electron chi connectivity index (χ0n) is 11.0. The molecule has 0 bridgehead atoms. The van der Waals surface area contributed by atoms with Crippen molar-refractivity contribution in [3.8, 4) is 0 Å². The summed E-state index contributed by atoms with van der Waals surface area (Å²) in [6, 6.07) is 0. The standard InChI is InChI=1S/C14H23NO3/c1-9-3-2-4-10(7-9)8-15-13(16)11-5-6-12(11)14(17)18/h9-12H,2-8H2,1H3,(H,15,16)(H,17,18). The summed E-state index contributed by atoms with van der Waals surface area (Å²) < 4.78 is 0. The SMILES string of the molecule is CC1CCCC(CNC(=O)C2CCC2C(=O)O)C1. The third-order valence-electron chi connectivity index (χ3n) is 4.54. The smallest absolute Gasteiger partial charge is 0.307 e. The molecule has 0 aliphatic heterocycles. The lowest BCUT2D eigenvalue weighted by molar-refractivity contribution is -0.152. The molecule has 2 aliphatic rings. The van der Waals surface area contributed by atoms with Crippen molar-refractivity contribution in [1.82, 2.24) is 5.32 Å². The molecular weight excluding hydrogens is 230 g/mol. The first-order valence-electron chi connectivity index (χ1n) is 7.08. The molecule has 18 heavy (non-hydrogen) atoms. The van der Waals surface area contributed by atoms with E-state index < -0.39 is 11.9 Å². The lowest BCUT2D eigenvalue weighted by Gasteiger charge is -2.33. The minimum absolute atomic E-state index is 0.0492. The third kappa shape index (κ3) is 3.03. The highest BCUT2D eigenvalue weighted by atomic mass is 16.4. The first kappa shape index (κ1) is 13.4. The second-order valence-corrected chi connectivity index (χ2v) is 6.01. The Bertz CT molecular complexity index is 329. The number of nitrogens with one attached hydrogen (secondary N) is 1. The molecule has 0 aromatic carbocycles. The number of hydrogen-bond acceptors (Lipinski definition) is 2. The first-order chi connectivity index (χ1) is 8.58. The quantitative estimate of drug-likeness (QED) is 0.805. The number of carbonyl (C=O) groups excluding carboxylic acids is 1. The molecule has 4 atom stereocenters. The molecule has 4 unspecified atom stereocenters. The van der Waals surface area contributed by atoms with E-state index in [1.807, 2.05) is 0 Å². The van der Waals surface area contributed by atoms with Gasteiger partial charge in [-0.2, -0.15) is 0 Å². The molecule has 0 spiro atoms. The van der Waals surface area contributed by atoms with Crippen LogP contribution in [0.2, 0.25) is 0 Å². The summed E-state index contributed by atoms with van der Waals surface area (Å²) in [6.07, 6.45) is 6.31. The number of rotatable bonds is 4. The monoisotopic (exact) mass is 253 g/mol. The Balaban J connectivity index is 1.73. The number of aliphatic carboxylic acids is 1. The summed E-state index contributed by atoms with van der Waals surface area (Å²) in [7, 11) is 0. The maximum Gasteiger partial charge on any atom is 0.307 e. The Labute approximate surface area is 108 Å². The van der Waals surface area contributed by atoms with E-state index in [9.17, 15) is 9.59 Å². The molecule has 0 aromatic rings. The Morgan fingerprint density at radius 2 is 1.89 bits per heavy atom. The highest BCUT2D eigenvalue weighted by Crippen LogP contribution is 2.34. The zero-order chi connectivity index (χ0) is 13.1. The number of carboxylic acid groups (broad SMARTS) is 1. The van der Waals surface area contributed by atoms with Gasteiger partial charge in [0.25, 0.3) is 0 Å². The molecule has 4 heteroatoms. The molecular formula is C14H23NO3. The van der Waals surface area contributed by atoms with Crippen LogP contribution in [-0.2, 0) is 9.59 Å². The van der Waals surface area contributed by atoms with Crippen LogP contribution in [-0.4, -0.2) is 23.5 Å². The lowest BCUT2D eigenvalue weighted by atomic mass is 9.73. The summed E-state index contributed by atoms with van der Waals surface area (Å²) in [5.41, 5.74) is 0. The fourth-order valence-electron chi connectivity index (χ4n) is 3.23. The van der Waals surface area contributed by atoms with Crippen LogP contribution in [0.5, 0.6) is 0 Å². The van der Waals surface area contributed by atoms with Gasteiger partial charge in [0.05, 0.1) is 11.8 Å². The minimum atomic E-state index is -0.826. The minimum Gasteiger partial charge on any atom is -0.481 e. The van der Waals surface area contributed by atoms with Gasteiger partial charge in [-0.1, -0.05) is 19.8 Å². The summed E-state index contributed by atoms with van der Waals surface area (Å²) in [4.78, 5) is 22.8. The number of carbonyl (C=O) groups is 2. The van der Waals surface area contributed by atoms with Crippen molar-refractivity contribution >= 4 is 11.9 Å². The van der Waals surface area contributed by atoms with Crippen molar-refractivity contribution in [2.45, 2.75) is 45.4 Å². The Morgan fingerprint density at radius 3 is 2.44 bits per heavy atom. The molecule has 0 heterocycles. The van der Waals surface area contributed by atoms with Crippen molar-refractivity contribution < 1.29 is 14.7 Å². The van der Waals surface area contributed by atoms with Crippen molar-refractivity contribution in [1.29, 1.82) is 0 Å². The van der Waals surface area contributed by atoms with Gasteiger partial charge >= 0.3 is 5.97 Å². The van der Waals surface area contributed by atoms with Crippen molar-refractivity contribution in [2.75, 3.05) is 6.54 Å². The van der Waals surface area contributed by atoms with Gasteiger partial charge in [-0.3, -0.25) is 9.59 Å². The van der Waals surface area contributed by atoms with Gasteiger partial charge in [-0.25, -0.2) is 0 Å². The van der Waals surface area contributed by atoms with E-state index in [0.717, 1.165) is 18.9 Å². The van der Waals surface area contributed by atoms with Crippen LogP contribution in [0, 0.1) is 23.7 Å². The van der Waals surface area contributed by atoms with Gasteiger partial charge in [0.2, 0.25) is 5.91 Å². The molecule has 2 N–H and O–H groups in total. The van der Waals surface area contributed by atoms with Crippen LogP contribution in [0.3, 0.4) is 0 Å². The molecule has 2 aliphatic carbocycles. The van der Waals surface area contributed by atoms with Crippen LogP contribution >= 0.6 is 0 Å². The highest BCUT2D eigenvalue weighted by molar-refractivity contribution is 5.86. The first-order valence-corrected chi connectivity index (χ1v) is 7.08. The second-order valence-electron chi connectivity index (χ2n) is 6.01. The van der Waals surface area contributed by atoms with Gasteiger partial charge in [-0.05, 0) is 37.5 Å². The Kier molecular flexibility index (Phi) is 4.25. The molecule has 4 nitrogen and oxygen atoms in total. The van der Waals surface area contributed by atoms with Crippen LogP contribution < -0.4 is 5.32 Å². The van der Waals surface area contributed by atoms with E-state index in [1.54, 1.807) is 0 Å². The molecule has 2 saturated carbocycles. The number of amides is 1.